The number of nitrogens with zero attached hydrogens (tertiary/aromatic N) is 7. The van der Waals surface area contributed by atoms with Gasteiger partial charge >= 0.3 is 0 Å². The lowest BCUT2D eigenvalue weighted by Crippen LogP contribution is -2.38. The first-order valence-electron chi connectivity index (χ1n) is 15.8. The van der Waals surface area contributed by atoms with E-state index < -0.39 is 0 Å². The van der Waals surface area contributed by atoms with E-state index in [4.69, 9.17) is 26.1 Å². The molecule has 0 unspecified atom stereocenters. The number of halogens is 1. The summed E-state index contributed by atoms with van der Waals surface area (Å²) in [5.74, 6) is 1.21. The molecule has 0 bridgehead atoms. The van der Waals surface area contributed by atoms with E-state index in [1.165, 1.54) is 17.2 Å². The summed E-state index contributed by atoms with van der Waals surface area (Å²) in [5, 5.41) is 9.15. The standard InChI is InChI=1S/C35H36ClN7O5/c1-24(2)48-32-13-8-25(31(44)21-42-37-14-15-38-42)20-30(32)43-33(39-29-7-4-3-6-28(29)35(43)46)22-40-16-5-17-41(19-18-40)34(45)23-47-27-11-9-26(36)10-12-27/h3-4,6-15,20,24H,5,16-19,21-23H2,1-2H3. The second kappa shape index (κ2) is 14.8. The van der Waals surface area contributed by atoms with Gasteiger partial charge in [0.2, 0.25) is 0 Å². The maximum atomic E-state index is 14.2. The van der Waals surface area contributed by atoms with E-state index >= 15 is 0 Å². The third-order valence-corrected chi connectivity index (χ3v) is 8.22. The smallest absolute Gasteiger partial charge is 0.266 e. The monoisotopic (exact) mass is 669 g/mol. The van der Waals surface area contributed by atoms with Crippen LogP contribution in [-0.2, 0) is 17.9 Å². The molecule has 0 atom stereocenters. The summed E-state index contributed by atoms with van der Waals surface area (Å²) in [5.41, 5.74) is 1.11. The van der Waals surface area contributed by atoms with Crippen LogP contribution in [0.1, 0.15) is 36.5 Å². The molecule has 1 amide bonds. The first-order chi connectivity index (χ1) is 23.2. The Labute approximate surface area is 282 Å². The molecule has 0 N–H and O–H groups in total. The molecule has 6 rings (SSSR count). The fourth-order valence-corrected chi connectivity index (χ4v) is 5.77. The number of carbonyl (C=O) groups excluding carboxylic acids is 2. The van der Waals surface area contributed by atoms with Gasteiger partial charge in [-0.15, -0.1) is 0 Å². The molecular formula is C35H36ClN7O5. The van der Waals surface area contributed by atoms with Crippen LogP contribution in [0.15, 0.2) is 83.9 Å². The van der Waals surface area contributed by atoms with Crippen molar-refractivity contribution in [2.24, 2.45) is 0 Å². The number of para-hydroxylation sites is 1. The Bertz CT molecular complexity index is 1960. The molecule has 1 aliphatic heterocycles. The predicted octanol–water partition coefficient (Wildman–Crippen LogP) is 4.41. The van der Waals surface area contributed by atoms with Gasteiger partial charge in [0.15, 0.2) is 12.4 Å². The topological polar surface area (TPSA) is 125 Å². The first kappa shape index (κ1) is 32.9. The van der Waals surface area contributed by atoms with Crippen LogP contribution in [0.5, 0.6) is 11.5 Å². The number of carbonyl (C=O) groups is 2. The van der Waals surface area contributed by atoms with Gasteiger partial charge in [0.25, 0.3) is 11.5 Å². The Morgan fingerprint density at radius 2 is 1.71 bits per heavy atom. The summed E-state index contributed by atoms with van der Waals surface area (Å²) in [6.45, 7) is 6.35. The molecule has 248 valence electrons. The second-order valence-electron chi connectivity index (χ2n) is 11.8. The van der Waals surface area contributed by atoms with Crippen LogP contribution < -0.4 is 15.0 Å². The average molecular weight is 670 g/mol. The zero-order valence-corrected chi connectivity index (χ0v) is 27.5. The highest BCUT2D eigenvalue weighted by Gasteiger charge is 2.24. The zero-order valence-electron chi connectivity index (χ0n) is 26.8. The Balaban J connectivity index is 1.29. The third kappa shape index (κ3) is 7.72. The van der Waals surface area contributed by atoms with Crippen LogP contribution in [0.4, 0.5) is 0 Å². The number of ether oxygens (including phenoxy) is 2. The van der Waals surface area contributed by atoms with Crippen molar-refractivity contribution >= 4 is 34.2 Å². The molecule has 0 saturated carbocycles. The molecular weight excluding hydrogens is 634 g/mol. The van der Waals surface area contributed by atoms with Gasteiger partial charge < -0.3 is 14.4 Å². The van der Waals surface area contributed by atoms with Gasteiger partial charge in [-0.3, -0.25) is 23.9 Å². The molecule has 0 radical (unpaired) electrons. The lowest BCUT2D eigenvalue weighted by atomic mass is 10.1. The van der Waals surface area contributed by atoms with E-state index in [1.807, 2.05) is 26.0 Å². The van der Waals surface area contributed by atoms with Crippen LogP contribution >= 0.6 is 11.6 Å². The largest absolute Gasteiger partial charge is 0.489 e. The molecule has 1 aliphatic rings. The van der Waals surface area contributed by atoms with E-state index in [9.17, 15) is 14.4 Å². The second-order valence-corrected chi connectivity index (χ2v) is 12.2. The number of aromatic nitrogens is 5. The molecule has 3 aromatic carbocycles. The van der Waals surface area contributed by atoms with Crippen molar-refractivity contribution in [2.75, 3.05) is 32.8 Å². The van der Waals surface area contributed by atoms with Crippen molar-refractivity contribution in [3.63, 3.8) is 0 Å². The van der Waals surface area contributed by atoms with Gasteiger partial charge in [0.05, 0.1) is 41.6 Å². The summed E-state index contributed by atoms with van der Waals surface area (Å²) in [6.07, 6.45) is 3.57. The fourth-order valence-electron chi connectivity index (χ4n) is 5.64. The SMILES string of the molecule is CC(C)Oc1ccc(C(=O)Cn2nccn2)cc1-n1c(CN2CCCN(C(=O)COc3ccc(Cl)cc3)CC2)nc2ccccc2c1=O. The summed E-state index contributed by atoms with van der Waals surface area (Å²) in [4.78, 5) is 50.8. The summed E-state index contributed by atoms with van der Waals surface area (Å²) < 4.78 is 13.4. The van der Waals surface area contributed by atoms with E-state index in [1.54, 1.807) is 64.1 Å². The van der Waals surface area contributed by atoms with Crippen LogP contribution in [0.3, 0.4) is 0 Å². The van der Waals surface area contributed by atoms with E-state index in [0.717, 1.165) is 6.42 Å². The molecule has 2 aromatic heterocycles. The van der Waals surface area contributed by atoms with Crippen molar-refractivity contribution in [3.8, 4) is 17.2 Å². The van der Waals surface area contributed by atoms with Gasteiger partial charge in [0, 0.05) is 36.8 Å². The van der Waals surface area contributed by atoms with Crippen molar-refractivity contribution in [3.05, 3.63) is 106 Å². The molecule has 1 saturated heterocycles. The molecule has 1 fully saturated rings. The predicted molar refractivity (Wildman–Crippen MR) is 181 cm³/mol. The normalized spacial score (nSPS) is 13.9. The Kier molecular flexibility index (Phi) is 10.1. The van der Waals surface area contributed by atoms with Crippen LogP contribution in [0.25, 0.3) is 16.6 Å². The molecule has 0 spiro atoms. The Hall–Kier alpha value is -5.07. The lowest BCUT2D eigenvalue weighted by Gasteiger charge is -2.24. The number of amides is 1. The van der Waals surface area contributed by atoms with Crippen molar-refractivity contribution in [2.45, 2.75) is 39.5 Å². The minimum absolute atomic E-state index is 0.0533. The summed E-state index contributed by atoms with van der Waals surface area (Å²) in [6, 6.07) is 19.2. The minimum atomic E-state index is -0.270. The number of hydrogen-bond acceptors (Lipinski definition) is 9. The minimum Gasteiger partial charge on any atom is -0.489 e. The van der Waals surface area contributed by atoms with Gasteiger partial charge in [0.1, 0.15) is 23.9 Å². The lowest BCUT2D eigenvalue weighted by molar-refractivity contribution is -0.133. The first-order valence-corrected chi connectivity index (χ1v) is 16.2. The Morgan fingerprint density at radius 1 is 0.938 bits per heavy atom. The van der Waals surface area contributed by atoms with E-state index in [-0.39, 0.29) is 36.5 Å². The van der Waals surface area contributed by atoms with Gasteiger partial charge in [-0.1, -0.05) is 23.7 Å². The van der Waals surface area contributed by atoms with Gasteiger partial charge in [-0.2, -0.15) is 15.0 Å². The maximum Gasteiger partial charge on any atom is 0.266 e. The summed E-state index contributed by atoms with van der Waals surface area (Å²) in [7, 11) is 0. The third-order valence-electron chi connectivity index (χ3n) is 7.96. The van der Waals surface area contributed by atoms with Crippen molar-refractivity contribution in [1.82, 2.24) is 34.3 Å². The van der Waals surface area contributed by atoms with Crippen molar-refractivity contribution < 1.29 is 19.1 Å². The van der Waals surface area contributed by atoms with E-state index in [0.29, 0.717) is 77.2 Å². The molecule has 48 heavy (non-hydrogen) atoms. The highest BCUT2D eigenvalue weighted by atomic mass is 35.5. The highest BCUT2D eigenvalue weighted by molar-refractivity contribution is 6.30. The Morgan fingerprint density at radius 3 is 2.48 bits per heavy atom. The number of Topliss-reactive ketones (excluding diaryl/α,β-unsaturated/α-hetero) is 1. The van der Waals surface area contributed by atoms with Gasteiger partial charge in [-0.25, -0.2) is 4.98 Å². The van der Waals surface area contributed by atoms with Crippen LogP contribution in [0, 0.1) is 0 Å². The number of hydrogen-bond donors (Lipinski definition) is 0. The van der Waals surface area contributed by atoms with Gasteiger partial charge in [-0.05, 0) is 74.9 Å². The van der Waals surface area contributed by atoms with Crippen LogP contribution in [0.2, 0.25) is 5.02 Å². The quantitative estimate of drug-likeness (QED) is 0.188. The number of benzene rings is 3. The van der Waals surface area contributed by atoms with E-state index in [2.05, 4.69) is 15.1 Å². The molecule has 12 nitrogen and oxygen atoms in total. The molecule has 13 heteroatoms. The summed E-state index contributed by atoms with van der Waals surface area (Å²) >= 11 is 5.95. The molecule has 0 aliphatic carbocycles. The number of rotatable bonds is 11. The number of ketones is 1. The molecule has 3 heterocycles. The average Bonchev–Trinajstić information content (AvgIpc) is 3.48. The van der Waals surface area contributed by atoms with Crippen LogP contribution in [-0.4, -0.2) is 84.9 Å². The highest BCUT2D eigenvalue weighted by Crippen LogP contribution is 2.27. The zero-order chi connectivity index (χ0) is 33.6. The number of fused-ring (bicyclic) bond motifs is 1. The van der Waals surface area contributed by atoms with Crippen molar-refractivity contribution in [1.29, 1.82) is 0 Å². The maximum absolute atomic E-state index is 14.2. The fraction of sp³-hybridized carbons (Fsp3) is 0.314. The molecule has 5 aromatic rings.